The Labute approximate surface area is 150 Å². The fourth-order valence-corrected chi connectivity index (χ4v) is 5.78. The minimum absolute atomic E-state index is 0.195. The predicted octanol–water partition coefficient (Wildman–Crippen LogP) is 4.24. The summed E-state index contributed by atoms with van der Waals surface area (Å²) in [6, 6.07) is 3.03. The van der Waals surface area contributed by atoms with Crippen LogP contribution >= 0.6 is 0 Å². The van der Waals surface area contributed by atoms with Crippen LogP contribution in [0.3, 0.4) is 0 Å². The Morgan fingerprint density at radius 3 is 2.32 bits per heavy atom. The van der Waals surface area contributed by atoms with E-state index in [-0.39, 0.29) is 11.7 Å². The Morgan fingerprint density at radius 2 is 1.72 bits per heavy atom. The first-order chi connectivity index (χ1) is 11.9. The van der Waals surface area contributed by atoms with Gasteiger partial charge in [0.25, 0.3) is 0 Å². The summed E-state index contributed by atoms with van der Waals surface area (Å²) in [4.78, 5) is 2.60. The molecule has 4 N–H and O–H groups in total. The van der Waals surface area contributed by atoms with E-state index in [9.17, 15) is 4.39 Å². The summed E-state index contributed by atoms with van der Waals surface area (Å²) < 4.78 is 14.3. The van der Waals surface area contributed by atoms with Gasteiger partial charge in [-0.3, -0.25) is 0 Å². The lowest BCUT2D eigenvalue weighted by Gasteiger charge is -2.59. The van der Waals surface area contributed by atoms with Gasteiger partial charge in [-0.15, -0.1) is 0 Å². The molecule has 1 aromatic carbocycles. The van der Waals surface area contributed by atoms with Crippen molar-refractivity contribution >= 4 is 11.4 Å². The van der Waals surface area contributed by atoms with Crippen molar-refractivity contribution in [1.82, 2.24) is 4.90 Å². The monoisotopic (exact) mass is 345 g/mol. The van der Waals surface area contributed by atoms with Gasteiger partial charge >= 0.3 is 0 Å². The predicted molar refractivity (Wildman–Crippen MR) is 102 cm³/mol. The van der Waals surface area contributed by atoms with Crippen LogP contribution in [0.15, 0.2) is 12.1 Å². The van der Waals surface area contributed by atoms with E-state index in [1.807, 2.05) is 0 Å². The summed E-state index contributed by atoms with van der Waals surface area (Å²) in [6.45, 7) is 8.24. The molecule has 0 aromatic heterocycles. The summed E-state index contributed by atoms with van der Waals surface area (Å²) in [5.74, 6) is 2.76. The third kappa shape index (κ3) is 2.92. The first kappa shape index (κ1) is 17.1. The number of fused-ring (bicyclic) bond motifs is 2. The van der Waals surface area contributed by atoms with Crippen LogP contribution in [-0.4, -0.2) is 24.5 Å². The molecular weight excluding hydrogens is 313 g/mol. The highest BCUT2D eigenvalue weighted by molar-refractivity contribution is 5.68. The van der Waals surface area contributed by atoms with Gasteiger partial charge in [0.15, 0.2) is 0 Å². The van der Waals surface area contributed by atoms with Crippen molar-refractivity contribution < 1.29 is 4.39 Å². The fraction of sp³-hybridized carbons (Fsp3) is 0.714. The minimum atomic E-state index is -0.195. The molecule has 3 atom stereocenters. The van der Waals surface area contributed by atoms with E-state index in [0.717, 1.165) is 43.7 Å². The lowest BCUT2D eigenvalue weighted by molar-refractivity contribution is -0.0951. The largest absolute Gasteiger partial charge is 0.397 e. The smallest absolute Gasteiger partial charge is 0.128 e. The van der Waals surface area contributed by atoms with E-state index in [1.165, 1.54) is 31.9 Å². The zero-order valence-electron chi connectivity index (χ0n) is 15.6. The number of halogens is 1. The van der Waals surface area contributed by atoms with Crippen LogP contribution in [0.4, 0.5) is 15.8 Å². The minimum Gasteiger partial charge on any atom is -0.397 e. The van der Waals surface area contributed by atoms with E-state index in [2.05, 4.69) is 18.7 Å². The molecule has 0 spiro atoms. The van der Waals surface area contributed by atoms with Gasteiger partial charge in [-0.25, -0.2) is 4.39 Å². The molecule has 4 aliphatic rings. The van der Waals surface area contributed by atoms with Crippen molar-refractivity contribution in [2.75, 3.05) is 31.1 Å². The molecule has 1 heterocycles. The van der Waals surface area contributed by atoms with Crippen molar-refractivity contribution in [3.8, 4) is 0 Å². The molecule has 4 heteroatoms. The van der Waals surface area contributed by atoms with Crippen LogP contribution in [0.1, 0.15) is 57.4 Å². The maximum absolute atomic E-state index is 14.3. The van der Waals surface area contributed by atoms with Crippen LogP contribution in [0, 0.1) is 29.0 Å². The Balaban J connectivity index is 1.33. The van der Waals surface area contributed by atoms with Crippen LogP contribution in [0.5, 0.6) is 0 Å². The van der Waals surface area contributed by atoms with Gasteiger partial charge in [-0.05, 0) is 86.4 Å². The van der Waals surface area contributed by atoms with E-state index < -0.39 is 0 Å². The Bertz CT molecular complexity index is 635. The maximum atomic E-state index is 14.3. The topological polar surface area (TPSA) is 55.3 Å². The summed E-state index contributed by atoms with van der Waals surface area (Å²) in [7, 11) is 0. The Morgan fingerprint density at radius 1 is 1.08 bits per heavy atom. The standard InChI is InChI=1S/C21H32FN3/c1-21(2)15-9-13(10-16(21)11-15)12-25-7-5-14(6-8-25)19-17(22)3-4-18(23)20(19)24/h3-4,13-16H,5-12,23-24H2,1-2H3/t13?,15-,16+. The molecule has 3 nitrogen and oxygen atoms in total. The quantitative estimate of drug-likeness (QED) is 0.806. The molecule has 3 aliphatic carbocycles. The average Bonchev–Trinajstić information content (AvgIpc) is 2.60. The zero-order valence-corrected chi connectivity index (χ0v) is 15.6. The van der Waals surface area contributed by atoms with Crippen molar-refractivity contribution in [2.24, 2.45) is 23.2 Å². The van der Waals surface area contributed by atoms with Gasteiger partial charge in [0.05, 0.1) is 11.4 Å². The number of hydrogen-bond acceptors (Lipinski definition) is 3. The molecule has 2 bridgehead atoms. The number of anilines is 2. The number of benzene rings is 1. The van der Waals surface area contributed by atoms with Crippen LogP contribution in [0.2, 0.25) is 0 Å². The normalized spacial score (nSPS) is 32.4. The average molecular weight is 346 g/mol. The molecule has 0 radical (unpaired) electrons. The molecule has 1 aliphatic heterocycles. The van der Waals surface area contributed by atoms with E-state index in [1.54, 1.807) is 6.07 Å². The number of nitrogen functional groups attached to an aromatic ring is 2. The third-order valence-electron chi connectivity index (χ3n) is 7.69. The van der Waals surface area contributed by atoms with Gasteiger partial charge in [-0.2, -0.15) is 0 Å². The van der Waals surface area contributed by atoms with Gasteiger partial charge in [0.2, 0.25) is 0 Å². The lowest BCUT2D eigenvalue weighted by Crippen LogP contribution is -2.52. The second-order valence-electron chi connectivity index (χ2n) is 9.33. The van der Waals surface area contributed by atoms with Crippen molar-refractivity contribution in [3.63, 3.8) is 0 Å². The summed E-state index contributed by atoms with van der Waals surface area (Å²) in [5, 5.41) is 0. The second kappa shape index (κ2) is 6.15. The van der Waals surface area contributed by atoms with E-state index in [0.29, 0.717) is 22.4 Å². The second-order valence-corrected chi connectivity index (χ2v) is 9.33. The van der Waals surface area contributed by atoms with Crippen molar-refractivity contribution in [2.45, 2.75) is 51.9 Å². The summed E-state index contributed by atoms with van der Waals surface area (Å²) in [5.41, 5.74) is 14.1. The first-order valence-electron chi connectivity index (χ1n) is 9.92. The highest BCUT2D eigenvalue weighted by Gasteiger charge is 2.52. The summed E-state index contributed by atoms with van der Waals surface area (Å²) in [6.07, 6.45) is 6.23. The number of hydrogen-bond donors (Lipinski definition) is 2. The van der Waals surface area contributed by atoms with Crippen molar-refractivity contribution in [1.29, 1.82) is 0 Å². The Kier molecular flexibility index (Phi) is 4.22. The number of rotatable bonds is 3. The highest BCUT2D eigenvalue weighted by atomic mass is 19.1. The van der Waals surface area contributed by atoms with Crippen molar-refractivity contribution in [3.05, 3.63) is 23.5 Å². The van der Waals surface area contributed by atoms with Crippen LogP contribution in [0.25, 0.3) is 0 Å². The van der Waals surface area contributed by atoms with E-state index >= 15 is 0 Å². The van der Waals surface area contributed by atoms with Gasteiger partial charge in [0, 0.05) is 12.1 Å². The summed E-state index contributed by atoms with van der Waals surface area (Å²) >= 11 is 0. The lowest BCUT2D eigenvalue weighted by atomic mass is 9.47. The molecular formula is C21H32FN3. The maximum Gasteiger partial charge on any atom is 0.128 e. The number of nitrogens with two attached hydrogens (primary N) is 2. The third-order valence-corrected chi connectivity index (χ3v) is 7.69. The molecule has 5 rings (SSSR count). The molecule has 0 amide bonds. The van der Waals surface area contributed by atoms with Gasteiger partial charge in [-0.1, -0.05) is 13.8 Å². The molecule has 1 aromatic rings. The SMILES string of the molecule is CC1(C)[C@@H]2CC(CN3CCC(c4c(F)ccc(N)c4N)CC3)C[C@H]1C2. The molecule has 25 heavy (non-hydrogen) atoms. The Hall–Kier alpha value is -1.29. The number of nitrogens with zero attached hydrogens (tertiary/aromatic N) is 1. The molecule has 1 saturated heterocycles. The first-order valence-corrected chi connectivity index (χ1v) is 9.92. The zero-order chi connectivity index (χ0) is 17.8. The number of likely N-dealkylation sites (tertiary alicyclic amines) is 1. The molecule has 138 valence electrons. The van der Waals surface area contributed by atoms with Crippen LogP contribution in [-0.2, 0) is 0 Å². The van der Waals surface area contributed by atoms with E-state index in [4.69, 9.17) is 11.5 Å². The fourth-order valence-electron chi connectivity index (χ4n) is 5.78. The molecule has 1 unspecified atom stereocenters. The molecule has 3 saturated carbocycles. The van der Waals surface area contributed by atoms with Crippen LogP contribution < -0.4 is 11.5 Å². The van der Waals surface area contributed by atoms with Gasteiger partial charge < -0.3 is 16.4 Å². The highest BCUT2D eigenvalue weighted by Crippen LogP contribution is 2.60. The number of piperidine rings is 1. The van der Waals surface area contributed by atoms with Gasteiger partial charge in [0.1, 0.15) is 5.82 Å². The molecule has 4 fully saturated rings.